The SMILES string of the molecule is CSc1ccc(S(=O)(=O)N(CC(=O)O)c2ccccc2Br)cc1. The van der Waals surface area contributed by atoms with Crippen molar-refractivity contribution in [3.8, 4) is 0 Å². The first-order chi connectivity index (χ1) is 10.9. The average molecular weight is 416 g/mol. The number of carbonyl (C=O) groups is 1. The number of para-hydroxylation sites is 1. The second-order valence-corrected chi connectivity index (χ2v) is 8.13. The van der Waals surface area contributed by atoms with Gasteiger partial charge in [0.25, 0.3) is 10.0 Å². The number of carboxylic acid groups (broad SMARTS) is 1. The molecule has 5 nitrogen and oxygen atoms in total. The van der Waals surface area contributed by atoms with Crippen molar-refractivity contribution in [1.29, 1.82) is 0 Å². The lowest BCUT2D eigenvalue weighted by Crippen LogP contribution is -2.36. The monoisotopic (exact) mass is 415 g/mol. The molecule has 0 aliphatic carbocycles. The summed E-state index contributed by atoms with van der Waals surface area (Å²) in [5.74, 6) is -1.23. The van der Waals surface area contributed by atoms with E-state index in [9.17, 15) is 13.2 Å². The minimum atomic E-state index is -3.98. The number of anilines is 1. The van der Waals surface area contributed by atoms with Crippen LogP contribution in [0, 0.1) is 0 Å². The van der Waals surface area contributed by atoms with Gasteiger partial charge in [-0.2, -0.15) is 0 Å². The van der Waals surface area contributed by atoms with Gasteiger partial charge in [-0.05, 0) is 58.6 Å². The van der Waals surface area contributed by atoms with Crippen LogP contribution in [0.25, 0.3) is 0 Å². The van der Waals surface area contributed by atoms with Crippen LogP contribution in [0.2, 0.25) is 0 Å². The Morgan fingerprint density at radius 3 is 2.30 bits per heavy atom. The number of carboxylic acids is 1. The van der Waals surface area contributed by atoms with E-state index in [1.807, 2.05) is 6.26 Å². The predicted octanol–water partition coefficient (Wildman–Crippen LogP) is 3.45. The Bertz CT molecular complexity index is 806. The summed E-state index contributed by atoms with van der Waals surface area (Å²) >= 11 is 4.77. The Labute approximate surface area is 147 Å². The minimum absolute atomic E-state index is 0.0484. The zero-order valence-corrected chi connectivity index (χ0v) is 15.4. The zero-order valence-electron chi connectivity index (χ0n) is 12.1. The molecule has 0 unspecified atom stereocenters. The summed E-state index contributed by atoms with van der Waals surface area (Å²) in [5.41, 5.74) is 0.281. The van der Waals surface area contributed by atoms with Gasteiger partial charge in [-0.25, -0.2) is 8.42 Å². The van der Waals surface area contributed by atoms with Gasteiger partial charge in [-0.1, -0.05) is 12.1 Å². The molecule has 0 aromatic heterocycles. The third kappa shape index (κ3) is 4.07. The number of rotatable bonds is 6. The largest absolute Gasteiger partial charge is 0.480 e. The lowest BCUT2D eigenvalue weighted by molar-refractivity contribution is -0.135. The van der Waals surface area contributed by atoms with Gasteiger partial charge in [0, 0.05) is 9.37 Å². The third-order valence-electron chi connectivity index (χ3n) is 3.05. The van der Waals surface area contributed by atoms with Crippen molar-refractivity contribution in [2.24, 2.45) is 0 Å². The van der Waals surface area contributed by atoms with E-state index in [4.69, 9.17) is 5.11 Å². The first kappa shape index (κ1) is 17.8. The maximum Gasteiger partial charge on any atom is 0.324 e. The van der Waals surface area contributed by atoms with Crippen LogP contribution in [0.3, 0.4) is 0 Å². The van der Waals surface area contributed by atoms with Crippen molar-refractivity contribution in [3.05, 3.63) is 53.0 Å². The molecular weight excluding hydrogens is 402 g/mol. The standard InChI is InChI=1S/C15H14BrNO4S2/c1-22-11-6-8-12(9-7-11)23(20,21)17(10-15(18)19)14-5-3-2-4-13(14)16/h2-9H,10H2,1H3,(H,18,19). The van der Waals surface area contributed by atoms with Crippen LogP contribution in [0.5, 0.6) is 0 Å². The maximum atomic E-state index is 12.9. The fourth-order valence-corrected chi connectivity index (χ4v) is 4.41. The first-order valence-corrected chi connectivity index (χ1v) is 9.95. The lowest BCUT2D eigenvalue weighted by atomic mass is 10.3. The van der Waals surface area contributed by atoms with E-state index in [0.29, 0.717) is 4.47 Å². The number of hydrogen-bond acceptors (Lipinski definition) is 4. The Balaban J connectivity index is 2.53. The second kappa shape index (κ2) is 7.37. The highest BCUT2D eigenvalue weighted by Gasteiger charge is 2.28. The molecule has 0 saturated heterocycles. The van der Waals surface area contributed by atoms with E-state index in [1.165, 1.54) is 23.9 Å². The van der Waals surface area contributed by atoms with Gasteiger partial charge < -0.3 is 5.11 Å². The predicted molar refractivity (Wildman–Crippen MR) is 94.5 cm³/mol. The molecule has 0 bridgehead atoms. The van der Waals surface area contributed by atoms with E-state index in [2.05, 4.69) is 15.9 Å². The van der Waals surface area contributed by atoms with Crippen molar-refractivity contribution >= 4 is 49.4 Å². The summed E-state index contributed by atoms with van der Waals surface area (Å²) in [7, 11) is -3.98. The first-order valence-electron chi connectivity index (χ1n) is 6.49. The summed E-state index contributed by atoms with van der Waals surface area (Å²) in [4.78, 5) is 12.1. The van der Waals surface area contributed by atoms with Gasteiger partial charge in [0.15, 0.2) is 0 Å². The van der Waals surface area contributed by atoms with Crippen molar-refractivity contribution in [1.82, 2.24) is 0 Å². The van der Waals surface area contributed by atoms with Gasteiger partial charge in [0.1, 0.15) is 6.54 Å². The Hall–Kier alpha value is -1.51. The molecule has 0 heterocycles. The molecule has 2 aromatic carbocycles. The smallest absolute Gasteiger partial charge is 0.324 e. The molecule has 0 amide bonds. The van der Waals surface area contributed by atoms with Crippen LogP contribution in [0.4, 0.5) is 5.69 Å². The molecule has 0 fully saturated rings. The highest BCUT2D eigenvalue weighted by atomic mass is 79.9. The Morgan fingerprint density at radius 2 is 1.78 bits per heavy atom. The molecule has 1 N–H and O–H groups in total. The van der Waals surface area contributed by atoms with Crippen LogP contribution in [-0.4, -0.2) is 32.3 Å². The molecular formula is C15H14BrNO4S2. The summed E-state index contributed by atoms with van der Waals surface area (Å²) in [6.07, 6.45) is 1.89. The van der Waals surface area contributed by atoms with Crippen molar-refractivity contribution < 1.29 is 18.3 Å². The van der Waals surface area contributed by atoms with Crippen LogP contribution in [-0.2, 0) is 14.8 Å². The molecule has 0 aliphatic heterocycles. The summed E-state index contributed by atoms with van der Waals surface area (Å²) in [5, 5.41) is 9.10. The molecule has 122 valence electrons. The Kier molecular flexibility index (Phi) is 5.72. The minimum Gasteiger partial charge on any atom is -0.480 e. The lowest BCUT2D eigenvalue weighted by Gasteiger charge is -2.23. The van der Waals surface area contributed by atoms with Crippen molar-refractivity contribution in [3.63, 3.8) is 0 Å². The quantitative estimate of drug-likeness (QED) is 0.731. The van der Waals surface area contributed by atoms with Gasteiger partial charge in [0.05, 0.1) is 10.6 Å². The van der Waals surface area contributed by atoms with E-state index in [-0.39, 0.29) is 10.6 Å². The van der Waals surface area contributed by atoms with Gasteiger partial charge in [-0.3, -0.25) is 9.10 Å². The van der Waals surface area contributed by atoms with Crippen LogP contribution in [0.1, 0.15) is 0 Å². The molecule has 0 aliphatic rings. The highest BCUT2D eigenvalue weighted by Crippen LogP contribution is 2.31. The summed E-state index contributed by atoms with van der Waals surface area (Å²) in [6, 6.07) is 12.9. The molecule has 0 atom stereocenters. The number of nitrogens with zero attached hydrogens (tertiary/aromatic N) is 1. The average Bonchev–Trinajstić information content (AvgIpc) is 2.53. The van der Waals surface area contributed by atoms with Gasteiger partial charge >= 0.3 is 5.97 Å². The normalized spacial score (nSPS) is 11.2. The van der Waals surface area contributed by atoms with Crippen LogP contribution < -0.4 is 4.31 Å². The fraction of sp³-hybridized carbons (Fsp3) is 0.133. The topological polar surface area (TPSA) is 74.7 Å². The number of halogens is 1. The number of aliphatic carboxylic acids is 1. The summed E-state index contributed by atoms with van der Waals surface area (Å²) in [6.45, 7) is -0.658. The van der Waals surface area contributed by atoms with Gasteiger partial charge in [0.2, 0.25) is 0 Å². The third-order valence-corrected chi connectivity index (χ3v) is 6.24. The van der Waals surface area contributed by atoms with Crippen molar-refractivity contribution in [2.75, 3.05) is 17.1 Å². The molecule has 8 heteroatoms. The number of sulfonamides is 1. The number of thioether (sulfide) groups is 1. The molecule has 0 radical (unpaired) electrons. The molecule has 2 aromatic rings. The van der Waals surface area contributed by atoms with E-state index < -0.39 is 22.5 Å². The van der Waals surface area contributed by atoms with Crippen LogP contribution >= 0.6 is 27.7 Å². The van der Waals surface area contributed by atoms with Gasteiger partial charge in [-0.15, -0.1) is 11.8 Å². The molecule has 0 saturated carbocycles. The van der Waals surface area contributed by atoms with Crippen LogP contribution in [0.15, 0.2) is 62.8 Å². The zero-order chi connectivity index (χ0) is 17.0. The summed E-state index contributed by atoms with van der Waals surface area (Å²) < 4.78 is 27.1. The Morgan fingerprint density at radius 1 is 1.17 bits per heavy atom. The fourth-order valence-electron chi connectivity index (χ4n) is 1.95. The number of benzene rings is 2. The molecule has 23 heavy (non-hydrogen) atoms. The molecule has 0 spiro atoms. The van der Waals surface area contributed by atoms with E-state index >= 15 is 0 Å². The number of hydrogen-bond donors (Lipinski definition) is 1. The maximum absolute atomic E-state index is 12.9. The van der Waals surface area contributed by atoms with Crippen molar-refractivity contribution in [2.45, 2.75) is 9.79 Å². The van der Waals surface area contributed by atoms with E-state index in [0.717, 1.165) is 9.20 Å². The second-order valence-electron chi connectivity index (χ2n) is 4.53. The molecule has 2 rings (SSSR count). The highest BCUT2D eigenvalue weighted by molar-refractivity contribution is 9.10. The van der Waals surface area contributed by atoms with E-state index in [1.54, 1.807) is 36.4 Å².